The van der Waals surface area contributed by atoms with Crippen LogP contribution in [0.3, 0.4) is 0 Å². The topological polar surface area (TPSA) is 83.0 Å². The molecule has 1 unspecified atom stereocenters. The number of rotatable bonds is 3. The second-order valence-corrected chi connectivity index (χ2v) is 6.69. The zero-order chi connectivity index (χ0) is 17.7. The molecule has 1 aliphatic heterocycles. The van der Waals surface area contributed by atoms with E-state index in [0.29, 0.717) is 5.56 Å². The summed E-state index contributed by atoms with van der Waals surface area (Å²) in [5.74, 6) is -0.783. The van der Waals surface area contributed by atoms with Gasteiger partial charge in [-0.05, 0) is 56.0 Å². The lowest BCUT2D eigenvalue weighted by atomic mass is 9.94. The molecule has 2 aromatic rings. The fraction of sp³-hybridized carbons (Fsp3) is 0.500. The lowest BCUT2D eigenvalue weighted by molar-refractivity contribution is -0.136. The number of halogens is 3. The molecule has 25 heavy (non-hydrogen) atoms. The molecule has 1 saturated carbocycles. The number of hydrogen-bond acceptors (Lipinski definition) is 5. The van der Waals surface area contributed by atoms with Gasteiger partial charge in [-0.3, -0.25) is 0 Å². The highest BCUT2D eigenvalue weighted by Gasteiger charge is 2.54. The summed E-state index contributed by atoms with van der Waals surface area (Å²) in [6, 6.07) is 3.61. The summed E-state index contributed by atoms with van der Waals surface area (Å²) >= 11 is 0. The van der Waals surface area contributed by atoms with Crippen LogP contribution in [-0.4, -0.2) is 29.3 Å². The zero-order valence-corrected chi connectivity index (χ0v) is 13.2. The third-order valence-electron chi connectivity index (χ3n) is 5.13. The smallest absolute Gasteiger partial charge is 0.388 e. The Bertz CT molecular complexity index is 836. The van der Waals surface area contributed by atoms with Crippen molar-refractivity contribution in [1.29, 1.82) is 0 Å². The van der Waals surface area contributed by atoms with Crippen LogP contribution in [0.15, 0.2) is 27.4 Å². The number of aromatic nitrogens is 2. The summed E-state index contributed by atoms with van der Waals surface area (Å²) in [6.45, 7) is 1.78. The highest BCUT2D eigenvalue weighted by Crippen LogP contribution is 2.54. The fourth-order valence-electron chi connectivity index (χ4n) is 3.61. The van der Waals surface area contributed by atoms with Crippen molar-refractivity contribution >= 4 is 5.69 Å². The van der Waals surface area contributed by atoms with Gasteiger partial charge in [0.25, 0.3) is 0 Å². The second kappa shape index (κ2) is 5.62. The SMILES string of the molecule is O=c1[nH]nc(-c2ccc(C(F)(F)F)c(NC3CC34CCNCC4)c2)o1. The Balaban J connectivity index is 1.65. The van der Waals surface area contributed by atoms with Crippen molar-refractivity contribution in [3.8, 4) is 11.5 Å². The monoisotopic (exact) mass is 354 g/mol. The van der Waals surface area contributed by atoms with Crippen molar-refractivity contribution in [3.05, 3.63) is 34.3 Å². The summed E-state index contributed by atoms with van der Waals surface area (Å²) in [4.78, 5) is 11.1. The number of piperidine rings is 1. The number of nitrogens with one attached hydrogen (secondary N) is 3. The summed E-state index contributed by atoms with van der Waals surface area (Å²) in [5, 5.41) is 12.1. The van der Waals surface area contributed by atoms with Crippen LogP contribution in [0.4, 0.5) is 18.9 Å². The second-order valence-electron chi connectivity index (χ2n) is 6.69. The van der Waals surface area contributed by atoms with Crippen LogP contribution in [0.2, 0.25) is 0 Å². The third kappa shape index (κ3) is 3.04. The van der Waals surface area contributed by atoms with Crippen LogP contribution >= 0.6 is 0 Å². The molecule has 134 valence electrons. The Kier molecular flexibility index (Phi) is 3.64. The molecule has 2 aliphatic rings. The molecule has 4 rings (SSSR count). The summed E-state index contributed by atoms with van der Waals surface area (Å²) < 4.78 is 44.9. The van der Waals surface area contributed by atoms with E-state index < -0.39 is 17.5 Å². The fourth-order valence-corrected chi connectivity index (χ4v) is 3.61. The summed E-state index contributed by atoms with van der Waals surface area (Å²) in [7, 11) is 0. The van der Waals surface area contributed by atoms with Gasteiger partial charge in [0.15, 0.2) is 0 Å². The highest BCUT2D eigenvalue weighted by atomic mass is 19.4. The predicted molar refractivity (Wildman–Crippen MR) is 84.1 cm³/mol. The van der Waals surface area contributed by atoms with Crippen LogP contribution in [0.1, 0.15) is 24.8 Å². The van der Waals surface area contributed by atoms with Gasteiger partial charge in [-0.15, -0.1) is 5.10 Å². The van der Waals surface area contributed by atoms with Gasteiger partial charge in [-0.2, -0.15) is 13.2 Å². The first-order chi connectivity index (χ1) is 11.9. The first-order valence-corrected chi connectivity index (χ1v) is 8.12. The molecule has 2 heterocycles. The molecule has 6 nitrogen and oxygen atoms in total. The van der Waals surface area contributed by atoms with Gasteiger partial charge < -0.3 is 15.1 Å². The van der Waals surface area contributed by atoms with E-state index in [9.17, 15) is 18.0 Å². The van der Waals surface area contributed by atoms with Crippen LogP contribution in [-0.2, 0) is 6.18 Å². The predicted octanol–water partition coefficient (Wildman–Crippen LogP) is 2.60. The third-order valence-corrected chi connectivity index (χ3v) is 5.13. The van der Waals surface area contributed by atoms with E-state index in [4.69, 9.17) is 4.42 Å². The van der Waals surface area contributed by atoms with Crippen molar-refractivity contribution in [2.24, 2.45) is 5.41 Å². The summed E-state index contributed by atoms with van der Waals surface area (Å²) in [5.41, 5.74) is -0.335. The molecule has 1 aromatic carbocycles. The lowest BCUT2D eigenvalue weighted by Gasteiger charge is -2.24. The number of anilines is 1. The minimum absolute atomic E-state index is 0.00365. The highest BCUT2D eigenvalue weighted by molar-refractivity contribution is 5.66. The van der Waals surface area contributed by atoms with Crippen molar-refractivity contribution in [2.45, 2.75) is 31.5 Å². The molecule has 2 fully saturated rings. The minimum Gasteiger partial charge on any atom is -0.388 e. The molecule has 1 spiro atoms. The molecule has 9 heteroatoms. The van der Waals surface area contributed by atoms with Crippen LogP contribution in [0.25, 0.3) is 11.5 Å². The van der Waals surface area contributed by atoms with E-state index in [1.165, 1.54) is 12.1 Å². The molecule has 1 atom stereocenters. The average molecular weight is 354 g/mol. The van der Waals surface area contributed by atoms with Gasteiger partial charge in [-0.25, -0.2) is 9.89 Å². The quantitative estimate of drug-likeness (QED) is 0.789. The molecular weight excluding hydrogens is 337 g/mol. The van der Waals surface area contributed by atoms with Gasteiger partial charge in [0.05, 0.1) is 5.56 Å². The number of alkyl halides is 3. The van der Waals surface area contributed by atoms with E-state index in [2.05, 4.69) is 20.8 Å². The van der Waals surface area contributed by atoms with Gasteiger partial charge in [0.1, 0.15) is 0 Å². The largest absolute Gasteiger partial charge is 0.434 e. The van der Waals surface area contributed by atoms with Crippen molar-refractivity contribution in [2.75, 3.05) is 18.4 Å². The lowest BCUT2D eigenvalue weighted by Crippen LogP contribution is -2.32. The van der Waals surface area contributed by atoms with E-state index >= 15 is 0 Å². The molecular formula is C16H17F3N4O2. The van der Waals surface area contributed by atoms with E-state index in [-0.39, 0.29) is 23.0 Å². The van der Waals surface area contributed by atoms with Gasteiger partial charge in [0.2, 0.25) is 5.89 Å². The Labute approximate surface area is 140 Å². The van der Waals surface area contributed by atoms with Crippen molar-refractivity contribution in [1.82, 2.24) is 15.5 Å². The van der Waals surface area contributed by atoms with Crippen LogP contribution in [0.5, 0.6) is 0 Å². The Morgan fingerprint density at radius 2 is 2.04 bits per heavy atom. The number of benzene rings is 1. The molecule has 0 bridgehead atoms. The molecule has 1 aliphatic carbocycles. The minimum atomic E-state index is -4.47. The molecule has 0 amide bonds. The molecule has 1 aromatic heterocycles. The zero-order valence-electron chi connectivity index (χ0n) is 13.2. The first-order valence-electron chi connectivity index (χ1n) is 8.12. The van der Waals surface area contributed by atoms with Crippen molar-refractivity contribution < 1.29 is 17.6 Å². The van der Waals surface area contributed by atoms with Crippen molar-refractivity contribution in [3.63, 3.8) is 0 Å². The average Bonchev–Trinajstić information content (AvgIpc) is 3.01. The maximum atomic E-state index is 13.3. The number of hydrogen-bond donors (Lipinski definition) is 3. The van der Waals surface area contributed by atoms with E-state index in [1.807, 2.05) is 0 Å². The normalized spacial score (nSPS) is 22.1. The molecule has 0 radical (unpaired) electrons. The van der Waals surface area contributed by atoms with Gasteiger partial charge in [-0.1, -0.05) is 0 Å². The number of nitrogens with zero attached hydrogens (tertiary/aromatic N) is 1. The number of aromatic amines is 1. The Hall–Kier alpha value is -2.29. The molecule has 1 saturated heterocycles. The Morgan fingerprint density at radius 1 is 1.28 bits per heavy atom. The maximum absolute atomic E-state index is 13.3. The maximum Gasteiger partial charge on any atom is 0.434 e. The summed E-state index contributed by atoms with van der Waals surface area (Å²) in [6.07, 6.45) is -1.68. The van der Waals surface area contributed by atoms with Gasteiger partial charge in [0, 0.05) is 17.3 Å². The van der Waals surface area contributed by atoms with Crippen LogP contribution < -0.4 is 16.4 Å². The van der Waals surface area contributed by atoms with Crippen LogP contribution in [0, 0.1) is 5.41 Å². The standard InChI is InChI=1S/C16H17F3N4O2/c17-16(18,19)10-2-1-9(13-22-23-14(24)25-13)7-11(10)21-12-8-15(12)3-5-20-6-4-15/h1-2,7,12,20-21H,3-6,8H2,(H,23,24). The number of H-pyrrole nitrogens is 1. The van der Waals surface area contributed by atoms with E-state index in [0.717, 1.165) is 38.4 Å². The Morgan fingerprint density at radius 3 is 2.68 bits per heavy atom. The molecule has 3 N–H and O–H groups in total. The van der Waals surface area contributed by atoms with E-state index in [1.54, 1.807) is 0 Å². The van der Waals surface area contributed by atoms with Gasteiger partial charge >= 0.3 is 11.9 Å². The first kappa shape index (κ1) is 16.2.